The van der Waals surface area contributed by atoms with E-state index in [1.807, 2.05) is 0 Å². The summed E-state index contributed by atoms with van der Waals surface area (Å²) < 4.78 is 0. The average Bonchev–Trinajstić information content (AvgIpc) is 2.79. The van der Waals surface area contributed by atoms with Gasteiger partial charge < -0.3 is 5.11 Å². The highest BCUT2D eigenvalue weighted by atomic mass is 16.4. The number of carbonyl (C=O) groups is 4. The van der Waals surface area contributed by atoms with Crippen LogP contribution in [0.3, 0.4) is 0 Å². The summed E-state index contributed by atoms with van der Waals surface area (Å²) in [6.07, 6.45) is 2.91. The lowest BCUT2D eigenvalue weighted by Crippen LogP contribution is -2.45. The SMILES string of the molecule is O=C1CC=C(CC(C(=O)O)N2C(=O)c3ccccc3C2=O)CC1. The van der Waals surface area contributed by atoms with Crippen LogP contribution >= 0.6 is 0 Å². The lowest BCUT2D eigenvalue weighted by molar-refractivity contribution is -0.141. The van der Waals surface area contributed by atoms with Crippen LogP contribution in [-0.4, -0.2) is 39.6 Å². The summed E-state index contributed by atoms with van der Waals surface area (Å²) in [5, 5.41) is 9.49. The highest BCUT2D eigenvalue weighted by molar-refractivity contribution is 6.22. The van der Waals surface area contributed by atoms with Crippen molar-refractivity contribution in [2.75, 3.05) is 0 Å². The third-order valence-corrected chi connectivity index (χ3v) is 4.22. The molecule has 1 unspecified atom stereocenters. The summed E-state index contributed by atoms with van der Waals surface area (Å²) in [6.45, 7) is 0. The van der Waals surface area contributed by atoms with Gasteiger partial charge >= 0.3 is 5.97 Å². The second-order valence-corrected chi connectivity index (χ2v) is 5.69. The Morgan fingerprint density at radius 3 is 2.17 bits per heavy atom. The monoisotopic (exact) mass is 313 g/mol. The Labute approximate surface area is 132 Å². The molecule has 1 heterocycles. The van der Waals surface area contributed by atoms with Crippen molar-refractivity contribution in [2.24, 2.45) is 0 Å². The number of allylic oxidation sites excluding steroid dienone is 1. The van der Waals surface area contributed by atoms with E-state index in [0.29, 0.717) is 12.8 Å². The number of nitrogens with zero attached hydrogens (tertiary/aromatic N) is 1. The number of aliphatic carboxylic acids is 1. The number of imide groups is 1. The molecule has 6 heteroatoms. The number of ketones is 1. The molecular weight excluding hydrogens is 298 g/mol. The first kappa shape index (κ1) is 15.1. The highest BCUT2D eigenvalue weighted by Gasteiger charge is 2.42. The van der Waals surface area contributed by atoms with Crippen molar-refractivity contribution in [1.29, 1.82) is 0 Å². The first-order valence-corrected chi connectivity index (χ1v) is 7.38. The van der Waals surface area contributed by atoms with Crippen LogP contribution in [0.2, 0.25) is 0 Å². The van der Waals surface area contributed by atoms with Gasteiger partial charge in [0.1, 0.15) is 11.8 Å². The molecule has 0 aromatic heterocycles. The Morgan fingerprint density at radius 1 is 1.09 bits per heavy atom. The van der Waals surface area contributed by atoms with E-state index < -0.39 is 23.8 Å². The first-order chi connectivity index (χ1) is 11.0. The van der Waals surface area contributed by atoms with Gasteiger partial charge in [0.15, 0.2) is 0 Å². The fourth-order valence-corrected chi connectivity index (χ4v) is 2.98. The Bertz CT molecular complexity index is 714. The number of carbonyl (C=O) groups excluding carboxylic acids is 3. The maximum Gasteiger partial charge on any atom is 0.327 e. The number of Topliss-reactive ketones (excluding diaryl/α,β-unsaturated/α-hetero) is 1. The van der Waals surface area contributed by atoms with Gasteiger partial charge in [-0.1, -0.05) is 23.8 Å². The second kappa shape index (κ2) is 5.79. The number of benzene rings is 1. The minimum Gasteiger partial charge on any atom is -0.480 e. The van der Waals surface area contributed by atoms with E-state index in [2.05, 4.69) is 0 Å². The minimum absolute atomic E-state index is 0.0636. The third kappa shape index (κ3) is 2.67. The first-order valence-electron chi connectivity index (χ1n) is 7.38. The van der Waals surface area contributed by atoms with Crippen LogP contribution in [0.25, 0.3) is 0 Å². The van der Waals surface area contributed by atoms with Crippen LogP contribution < -0.4 is 0 Å². The van der Waals surface area contributed by atoms with Gasteiger partial charge in [-0.05, 0) is 18.6 Å². The zero-order valence-electron chi connectivity index (χ0n) is 12.3. The van der Waals surface area contributed by atoms with Gasteiger partial charge in [0.05, 0.1) is 11.1 Å². The Kier molecular flexibility index (Phi) is 3.82. The van der Waals surface area contributed by atoms with Crippen LogP contribution in [0.4, 0.5) is 0 Å². The van der Waals surface area contributed by atoms with E-state index in [1.165, 1.54) is 12.1 Å². The standard InChI is InChI=1S/C17H15NO5/c19-11-7-5-10(6-8-11)9-14(17(22)23)18-15(20)12-3-1-2-4-13(12)16(18)21/h1-5,14H,6-9H2,(H,22,23). The van der Waals surface area contributed by atoms with Crippen molar-refractivity contribution < 1.29 is 24.3 Å². The van der Waals surface area contributed by atoms with E-state index >= 15 is 0 Å². The van der Waals surface area contributed by atoms with Gasteiger partial charge in [-0.2, -0.15) is 0 Å². The van der Waals surface area contributed by atoms with Crippen molar-refractivity contribution >= 4 is 23.6 Å². The average molecular weight is 313 g/mol. The van der Waals surface area contributed by atoms with Gasteiger partial charge in [-0.15, -0.1) is 0 Å². The van der Waals surface area contributed by atoms with Crippen LogP contribution in [0.15, 0.2) is 35.9 Å². The van der Waals surface area contributed by atoms with Crippen molar-refractivity contribution in [2.45, 2.75) is 31.7 Å². The number of fused-ring (bicyclic) bond motifs is 1. The maximum absolute atomic E-state index is 12.4. The molecule has 1 aliphatic heterocycles. The molecule has 0 saturated carbocycles. The maximum atomic E-state index is 12.4. The van der Waals surface area contributed by atoms with Crippen LogP contribution in [0.1, 0.15) is 46.4 Å². The Hall–Kier alpha value is -2.76. The number of hydrogen-bond donors (Lipinski definition) is 1. The molecule has 1 aromatic carbocycles. The molecule has 0 saturated heterocycles. The molecule has 0 bridgehead atoms. The Balaban J connectivity index is 1.88. The number of amides is 2. The number of carboxylic acid groups (broad SMARTS) is 1. The smallest absolute Gasteiger partial charge is 0.327 e. The normalized spacial score (nSPS) is 18.7. The number of carboxylic acids is 1. The largest absolute Gasteiger partial charge is 0.480 e. The molecule has 1 aromatic rings. The van der Waals surface area contributed by atoms with Gasteiger partial charge in [0.2, 0.25) is 0 Å². The molecule has 0 spiro atoms. The zero-order valence-corrected chi connectivity index (χ0v) is 12.3. The van der Waals surface area contributed by atoms with Crippen molar-refractivity contribution in [1.82, 2.24) is 4.90 Å². The molecule has 2 amide bonds. The third-order valence-electron chi connectivity index (χ3n) is 4.22. The van der Waals surface area contributed by atoms with Crippen molar-refractivity contribution in [3.8, 4) is 0 Å². The van der Waals surface area contributed by atoms with Gasteiger partial charge in [-0.3, -0.25) is 19.3 Å². The molecular formula is C17H15NO5. The van der Waals surface area contributed by atoms with E-state index in [1.54, 1.807) is 18.2 Å². The highest BCUT2D eigenvalue weighted by Crippen LogP contribution is 2.28. The fourth-order valence-electron chi connectivity index (χ4n) is 2.98. The van der Waals surface area contributed by atoms with Crippen molar-refractivity contribution in [3.63, 3.8) is 0 Å². The summed E-state index contributed by atoms with van der Waals surface area (Å²) in [5.74, 6) is -2.27. The molecule has 118 valence electrons. The topological polar surface area (TPSA) is 91.8 Å². The summed E-state index contributed by atoms with van der Waals surface area (Å²) in [5.41, 5.74) is 1.27. The molecule has 23 heavy (non-hydrogen) atoms. The van der Waals surface area contributed by atoms with Gasteiger partial charge in [0.25, 0.3) is 11.8 Å². The summed E-state index contributed by atoms with van der Waals surface area (Å²) in [7, 11) is 0. The second-order valence-electron chi connectivity index (χ2n) is 5.69. The van der Waals surface area contributed by atoms with Crippen LogP contribution in [0.5, 0.6) is 0 Å². The predicted molar refractivity (Wildman–Crippen MR) is 79.9 cm³/mol. The van der Waals surface area contributed by atoms with E-state index in [4.69, 9.17) is 0 Å². The number of rotatable bonds is 4. The molecule has 1 N–H and O–H groups in total. The molecule has 0 fully saturated rings. The lowest BCUT2D eigenvalue weighted by atomic mass is 9.93. The van der Waals surface area contributed by atoms with E-state index in [-0.39, 0.29) is 29.8 Å². The molecule has 1 atom stereocenters. The zero-order chi connectivity index (χ0) is 16.6. The molecule has 6 nitrogen and oxygen atoms in total. The quantitative estimate of drug-likeness (QED) is 0.676. The lowest BCUT2D eigenvalue weighted by Gasteiger charge is -2.24. The predicted octanol–water partition coefficient (Wildman–Crippen LogP) is 1.81. The number of hydrogen-bond acceptors (Lipinski definition) is 4. The van der Waals surface area contributed by atoms with Crippen LogP contribution in [-0.2, 0) is 9.59 Å². The van der Waals surface area contributed by atoms with Gasteiger partial charge in [0, 0.05) is 19.3 Å². The summed E-state index contributed by atoms with van der Waals surface area (Å²) in [4.78, 5) is 48.5. The van der Waals surface area contributed by atoms with E-state index in [9.17, 15) is 24.3 Å². The van der Waals surface area contributed by atoms with Crippen LogP contribution in [0, 0.1) is 0 Å². The summed E-state index contributed by atoms with van der Waals surface area (Å²) >= 11 is 0. The summed E-state index contributed by atoms with van der Waals surface area (Å²) in [6, 6.07) is 5.07. The molecule has 0 radical (unpaired) electrons. The molecule has 3 rings (SSSR count). The molecule has 2 aliphatic rings. The van der Waals surface area contributed by atoms with E-state index in [0.717, 1.165) is 10.5 Å². The Morgan fingerprint density at radius 2 is 1.70 bits per heavy atom. The minimum atomic E-state index is -1.25. The fraction of sp³-hybridized carbons (Fsp3) is 0.294. The molecule has 1 aliphatic carbocycles. The van der Waals surface area contributed by atoms with Crippen molar-refractivity contribution in [3.05, 3.63) is 47.0 Å². The van der Waals surface area contributed by atoms with Gasteiger partial charge in [-0.25, -0.2) is 4.79 Å².